The van der Waals surface area contributed by atoms with Gasteiger partial charge < -0.3 is 10.0 Å². The third-order valence-electron chi connectivity index (χ3n) is 3.89. The number of aliphatic hydroxyl groups is 1. The van der Waals surface area contributed by atoms with Crippen LogP contribution < -0.4 is 0 Å². The molecule has 1 amide bonds. The predicted octanol–water partition coefficient (Wildman–Crippen LogP) is 2.43. The number of amides is 1. The average molecular weight is 289 g/mol. The molecule has 1 aliphatic heterocycles. The van der Waals surface area contributed by atoms with Gasteiger partial charge in [-0.25, -0.2) is 4.39 Å². The number of likely N-dealkylation sites (tertiary alicyclic amines) is 1. The molecule has 1 saturated heterocycles. The zero-order chi connectivity index (χ0) is 15.4. The van der Waals surface area contributed by atoms with Crippen molar-refractivity contribution in [3.8, 4) is 11.8 Å². The van der Waals surface area contributed by atoms with E-state index in [9.17, 15) is 9.18 Å². The van der Waals surface area contributed by atoms with Gasteiger partial charge in [0.25, 0.3) is 5.91 Å². The summed E-state index contributed by atoms with van der Waals surface area (Å²) in [5, 5.41) is 8.71. The number of aliphatic hydroxyl groups excluding tert-OH is 1. The van der Waals surface area contributed by atoms with E-state index in [1.54, 1.807) is 4.90 Å². The van der Waals surface area contributed by atoms with Crippen molar-refractivity contribution in [3.05, 3.63) is 35.1 Å². The molecule has 0 aliphatic carbocycles. The molecule has 21 heavy (non-hydrogen) atoms. The Bertz CT molecular complexity index is 588. The van der Waals surface area contributed by atoms with Gasteiger partial charge >= 0.3 is 0 Å². The summed E-state index contributed by atoms with van der Waals surface area (Å²) in [4.78, 5) is 14.3. The quantitative estimate of drug-likeness (QED) is 0.807. The molecule has 4 heteroatoms. The van der Waals surface area contributed by atoms with Crippen molar-refractivity contribution in [2.24, 2.45) is 5.92 Å². The summed E-state index contributed by atoms with van der Waals surface area (Å²) in [6, 6.07) is 4.36. The number of rotatable bonds is 1. The maximum atomic E-state index is 14.0. The van der Waals surface area contributed by atoms with Crippen molar-refractivity contribution in [1.82, 2.24) is 4.90 Å². The summed E-state index contributed by atoms with van der Waals surface area (Å²) >= 11 is 0. The molecular weight excluding hydrogens is 269 g/mol. The molecule has 1 fully saturated rings. The molecule has 0 spiro atoms. The van der Waals surface area contributed by atoms with Crippen LogP contribution in [0.25, 0.3) is 0 Å². The van der Waals surface area contributed by atoms with E-state index in [0.717, 1.165) is 12.8 Å². The summed E-state index contributed by atoms with van der Waals surface area (Å²) in [5.41, 5.74) is 0.590. The molecule has 1 N–H and O–H groups in total. The molecule has 0 bridgehead atoms. The van der Waals surface area contributed by atoms with Gasteiger partial charge in [-0.05, 0) is 43.9 Å². The minimum Gasteiger partial charge on any atom is -0.384 e. The lowest BCUT2D eigenvalue weighted by Crippen LogP contribution is -2.45. The maximum Gasteiger partial charge on any atom is 0.257 e. The summed E-state index contributed by atoms with van der Waals surface area (Å²) in [7, 11) is 0. The van der Waals surface area contributed by atoms with Gasteiger partial charge in [0.15, 0.2) is 0 Å². The van der Waals surface area contributed by atoms with E-state index >= 15 is 0 Å². The van der Waals surface area contributed by atoms with Gasteiger partial charge in [-0.3, -0.25) is 4.79 Å². The molecular formula is C17H20FNO2. The van der Waals surface area contributed by atoms with Crippen molar-refractivity contribution in [2.75, 3.05) is 13.2 Å². The highest BCUT2D eigenvalue weighted by Crippen LogP contribution is 2.24. The predicted molar refractivity (Wildman–Crippen MR) is 79.3 cm³/mol. The first kappa shape index (κ1) is 15.5. The van der Waals surface area contributed by atoms with Crippen LogP contribution in [0.5, 0.6) is 0 Å². The van der Waals surface area contributed by atoms with Gasteiger partial charge in [-0.2, -0.15) is 0 Å². The van der Waals surface area contributed by atoms with Crippen molar-refractivity contribution in [3.63, 3.8) is 0 Å². The van der Waals surface area contributed by atoms with Gasteiger partial charge in [-0.15, -0.1) is 0 Å². The summed E-state index contributed by atoms with van der Waals surface area (Å²) in [6.07, 6.45) is 2.04. The molecule has 2 rings (SSSR count). The van der Waals surface area contributed by atoms with Crippen LogP contribution in [0.2, 0.25) is 0 Å². The van der Waals surface area contributed by atoms with E-state index < -0.39 is 5.82 Å². The fraction of sp³-hybridized carbons (Fsp3) is 0.471. The Morgan fingerprint density at radius 3 is 2.90 bits per heavy atom. The van der Waals surface area contributed by atoms with Crippen LogP contribution in [0, 0.1) is 23.6 Å². The molecule has 0 saturated carbocycles. The third kappa shape index (κ3) is 3.62. The summed E-state index contributed by atoms with van der Waals surface area (Å²) in [5.74, 6) is 4.84. The second-order valence-electron chi connectivity index (χ2n) is 5.64. The van der Waals surface area contributed by atoms with Crippen LogP contribution in [0.1, 0.15) is 42.6 Å². The summed E-state index contributed by atoms with van der Waals surface area (Å²) < 4.78 is 14.0. The second kappa shape index (κ2) is 6.73. The van der Waals surface area contributed by atoms with Gasteiger partial charge in [0.1, 0.15) is 12.4 Å². The Morgan fingerprint density at radius 1 is 1.43 bits per heavy atom. The second-order valence-corrected chi connectivity index (χ2v) is 5.64. The highest BCUT2D eigenvalue weighted by molar-refractivity contribution is 5.95. The molecule has 2 unspecified atom stereocenters. The molecule has 1 aromatic rings. The molecule has 0 aromatic heterocycles. The fourth-order valence-electron chi connectivity index (χ4n) is 2.63. The van der Waals surface area contributed by atoms with Crippen LogP contribution >= 0.6 is 0 Å². The zero-order valence-corrected chi connectivity index (χ0v) is 12.4. The van der Waals surface area contributed by atoms with Crippen molar-refractivity contribution in [2.45, 2.75) is 32.7 Å². The van der Waals surface area contributed by atoms with Gasteiger partial charge in [0.2, 0.25) is 0 Å². The van der Waals surface area contributed by atoms with E-state index in [1.807, 2.05) is 6.92 Å². The third-order valence-corrected chi connectivity index (χ3v) is 3.89. The number of hydrogen-bond acceptors (Lipinski definition) is 2. The lowest BCUT2D eigenvalue weighted by molar-refractivity contribution is 0.0569. The Kier molecular flexibility index (Phi) is 4.98. The SMILES string of the molecule is CC1CCC(C)N(C(=O)c2cc(C#CCO)ccc2F)C1. The number of halogens is 1. The number of nitrogens with zero attached hydrogens (tertiary/aromatic N) is 1. The van der Waals surface area contributed by atoms with Gasteiger partial charge in [-0.1, -0.05) is 18.8 Å². The highest BCUT2D eigenvalue weighted by atomic mass is 19.1. The zero-order valence-electron chi connectivity index (χ0n) is 12.4. The molecule has 0 radical (unpaired) electrons. The number of hydrogen-bond donors (Lipinski definition) is 1. The fourth-order valence-corrected chi connectivity index (χ4v) is 2.63. The average Bonchev–Trinajstić information content (AvgIpc) is 2.48. The van der Waals surface area contributed by atoms with Crippen molar-refractivity contribution in [1.29, 1.82) is 0 Å². The van der Waals surface area contributed by atoms with Crippen LogP contribution in [-0.4, -0.2) is 35.1 Å². The lowest BCUT2D eigenvalue weighted by atomic mass is 9.94. The van der Waals surface area contributed by atoms with Crippen LogP contribution in [0.3, 0.4) is 0 Å². The highest BCUT2D eigenvalue weighted by Gasteiger charge is 2.29. The molecule has 1 aliphatic rings. The molecule has 1 aromatic carbocycles. The van der Waals surface area contributed by atoms with E-state index in [2.05, 4.69) is 18.8 Å². The summed E-state index contributed by atoms with van der Waals surface area (Å²) in [6.45, 7) is 4.50. The number of carbonyl (C=O) groups is 1. The van der Waals surface area contributed by atoms with E-state index in [0.29, 0.717) is 18.0 Å². The first-order valence-corrected chi connectivity index (χ1v) is 7.23. The Labute approximate surface area is 124 Å². The monoisotopic (exact) mass is 289 g/mol. The molecule has 2 atom stereocenters. The van der Waals surface area contributed by atoms with Crippen LogP contribution in [-0.2, 0) is 0 Å². The minimum absolute atomic E-state index is 0.0562. The maximum absolute atomic E-state index is 14.0. The van der Waals surface area contributed by atoms with Crippen LogP contribution in [0.15, 0.2) is 18.2 Å². The lowest BCUT2D eigenvalue weighted by Gasteiger charge is -2.37. The van der Waals surface area contributed by atoms with Gasteiger partial charge in [0, 0.05) is 18.2 Å². The first-order chi connectivity index (χ1) is 10.0. The Hall–Kier alpha value is -1.86. The number of carbonyl (C=O) groups excluding carboxylic acids is 1. The minimum atomic E-state index is -0.528. The molecule has 3 nitrogen and oxygen atoms in total. The molecule has 1 heterocycles. The molecule has 112 valence electrons. The Morgan fingerprint density at radius 2 is 2.19 bits per heavy atom. The van der Waals surface area contributed by atoms with E-state index in [4.69, 9.17) is 5.11 Å². The first-order valence-electron chi connectivity index (χ1n) is 7.23. The van der Waals surface area contributed by atoms with Crippen molar-refractivity contribution < 1.29 is 14.3 Å². The van der Waals surface area contributed by atoms with Crippen molar-refractivity contribution >= 4 is 5.91 Å². The van der Waals surface area contributed by atoms with E-state index in [1.165, 1.54) is 18.2 Å². The standard InChI is InChI=1S/C17H20FNO2/c1-12-5-6-13(2)19(11-12)17(21)15-10-14(4-3-9-20)7-8-16(15)18/h7-8,10,12-13,20H,5-6,9,11H2,1-2H3. The topological polar surface area (TPSA) is 40.5 Å². The van der Waals surface area contributed by atoms with Gasteiger partial charge in [0.05, 0.1) is 5.56 Å². The largest absolute Gasteiger partial charge is 0.384 e. The number of piperidine rings is 1. The smallest absolute Gasteiger partial charge is 0.257 e. The Balaban J connectivity index is 2.29. The van der Waals surface area contributed by atoms with Crippen LogP contribution in [0.4, 0.5) is 4.39 Å². The number of benzene rings is 1. The normalized spacial score (nSPS) is 21.6. The van der Waals surface area contributed by atoms with E-state index in [-0.39, 0.29) is 24.1 Å².